The minimum absolute atomic E-state index is 0.0820. The fraction of sp³-hybridized carbons (Fsp3) is 0.391. The summed E-state index contributed by atoms with van der Waals surface area (Å²) in [6, 6.07) is 7.49. The minimum atomic E-state index is -0.405. The molecule has 5 heteroatoms. The van der Waals surface area contributed by atoms with Crippen molar-refractivity contribution >= 4 is 28.3 Å². The molecule has 0 saturated carbocycles. The molecule has 0 amide bonds. The van der Waals surface area contributed by atoms with E-state index in [0.717, 1.165) is 37.5 Å². The van der Waals surface area contributed by atoms with E-state index in [1.165, 1.54) is 34.1 Å². The van der Waals surface area contributed by atoms with Gasteiger partial charge in [0.05, 0.1) is 0 Å². The molecule has 0 radical (unpaired) electrons. The molecule has 0 fully saturated rings. The number of carbonyl (C=O) groups excluding carboxylic acids is 1. The van der Waals surface area contributed by atoms with Crippen LogP contribution < -0.4 is 5.63 Å². The molecular weight excluding hydrogens is 372 g/mol. The Balaban J connectivity index is 1.40. The van der Waals surface area contributed by atoms with Crippen LogP contribution in [-0.2, 0) is 37.0 Å². The summed E-state index contributed by atoms with van der Waals surface area (Å²) >= 11 is 1.55. The summed E-state index contributed by atoms with van der Waals surface area (Å²) in [7, 11) is 0. The van der Waals surface area contributed by atoms with Crippen LogP contribution in [0.4, 0.5) is 0 Å². The van der Waals surface area contributed by atoms with E-state index in [1.54, 1.807) is 11.3 Å². The number of hydrogen-bond donors (Lipinski definition) is 0. The smallest absolute Gasteiger partial charge is 0.348 e. The van der Waals surface area contributed by atoms with Gasteiger partial charge >= 0.3 is 11.6 Å². The van der Waals surface area contributed by atoms with E-state index in [9.17, 15) is 9.59 Å². The van der Waals surface area contributed by atoms with Crippen molar-refractivity contribution in [3.63, 3.8) is 0 Å². The molecule has 2 aromatic heterocycles. The first-order valence-corrected chi connectivity index (χ1v) is 10.8. The highest BCUT2D eigenvalue weighted by atomic mass is 32.1. The summed E-state index contributed by atoms with van der Waals surface area (Å²) in [5.41, 5.74) is 4.73. The molecule has 1 atom stereocenters. The van der Waals surface area contributed by atoms with Crippen molar-refractivity contribution in [2.75, 3.05) is 0 Å². The SMILES string of the molecule is C[C@H]1CCc2sc(C(=O)OCc3cc(=O)oc4cc5c(cc34)CCC5)cc2C1. The van der Waals surface area contributed by atoms with Crippen LogP contribution in [0, 0.1) is 5.92 Å². The molecule has 2 aliphatic carbocycles. The van der Waals surface area contributed by atoms with Crippen molar-refractivity contribution in [3.8, 4) is 0 Å². The van der Waals surface area contributed by atoms with E-state index in [-0.39, 0.29) is 12.6 Å². The van der Waals surface area contributed by atoms with Crippen molar-refractivity contribution in [1.82, 2.24) is 0 Å². The second-order valence-electron chi connectivity index (χ2n) is 8.04. The van der Waals surface area contributed by atoms with Gasteiger partial charge in [0, 0.05) is 21.9 Å². The van der Waals surface area contributed by atoms with Crippen LogP contribution in [0.15, 0.2) is 33.5 Å². The molecule has 0 unspecified atom stereocenters. The van der Waals surface area contributed by atoms with Gasteiger partial charge in [-0.05, 0) is 79.3 Å². The maximum absolute atomic E-state index is 12.6. The third-order valence-electron chi connectivity index (χ3n) is 5.93. The Kier molecular flexibility index (Phi) is 4.35. The van der Waals surface area contributed by atoms with Gasteiger partial charge in [0.25, 0.3) is 0 Å². The third-order valence-corrected chi connectivity index (χ3v) is 7.15. The maximum atomic E-state index is 12.6. The average molecular weight is 394 g/mol. The standard InChI is InChI=1S/C23H22O4S/c1-13-5-6-20-16(7-13)10-21(28-20)23(25)26-12-17-11-22(24)27-19-9-15-4-2-3-14(15)8-18(17)19/h8-11,13H,2-7,12H2,1H3/t13-/m0/s1. The number of thiophene rings is 1. The highest BCUT2D eigenvalue weighted by molar-refractivity contribution is 7.14. The maximum Gasteiger partial charge on any atom is 0.348 e. The van der Waals surface area contributed by atoms with Crippen LogP contribution in [0.3, 0.4) is 0 Å². The summed E-state index contributed by atoms with van der Waals surface area (Å²) in [6.07, 6.45) is 6.46. The van der Waals surface area contributed by atoms with Crippen molar-refractivity contribution < 1.29 is 13.9 Å². The van der Waals surface area contributed by atoms with Gasteiger partial charge in [0.2, 0.25) is 0 Å². The predicted molar refractivity (Wildman–Crippen MR) is 109 cm³/mol. The Hall–Kier alpha value is -2.40. The summed E-state index contributed by atoms with van der Waals surface area (Å²) in [4.78, 5) is 26.6. The van der Waals surface area contributed by atoms with Gasteiger partial charge in [-0.1, -0.05) is 6.92 Å². The number of rotatable bonds is 3. The van der Waals surface area contributed by atoms with Gasteiger partial charge in [-0.2, -0.15) is 0 Å². The molecular formula is C23H22O4S. The zero-order valence-electron chi connectivity index (χ0n) is 15.9. The predicted octanol–water partition coefficient (Wildman–Crippen LogP) is 4.83. The topological polar surface area (TPSA) is 56.5 Å². The molecule has 2 heterocycles. The molecule has 144 valence electrons. The zero-order chi connectivity index (χ0) is 19.3. The van der Waals surface area contributed by atoms with Crippen LogP contribution >= 0.6 is 11.3 Å². The van der Waals surface area contributed by atoms with Gasteiger partial charge in [0.1, 0.15) is 17.1 Å². The lowest BCUT2D eigenvalue weighted by Gasteiger charge is -2.16. The third kappa shape index (κ3) is 3.18. The van der Waals surface area contributed by atoms with Crippen molar-refractivity contribution in [3.05, 3.63) is 66.7 Å². The molecule has 1 aromatic carbocycles. The van der Waals surface area contributed by atoms with Crippen LogP contribution in [-0.4, -0.2) is 5.97 Å². The highest BCUT2D eigenvalue weighted by Gasteiger charge is 2.22. The fourth-order valence-electron chi connectivity index (χ4n) is 4.43. The van der Waals surface area contributed by atoms with Crippen LogP contribution in [0.2, 0.25) is 0 Å². The highest BCUT2D eigenvalue weighted by Crippen LogP contribution is 2.33. The second-order valence-corrected chi connectivity index (χ2v) is 9.18. The van der Waals surface area contributed by atoms with Gasteiger partial charge < -0.3 is 9.15 Å². The molecule has 0 aliphatic heterocycles. The van der Waals surface area contributed by atoms with E-state index in [1.807, 2.05) is 12.1 Å². The number of aryl methyl sites for hydroxylation is 3. The largest absolute Gasteiger partial charge is 0.457 e. The molecule has 0 bridgehead atoms. The number of hydrogen-bond acceptors (Lipinski definition) is 5. The summed E-state index contributed by atoms with van der Waals surface area (Å²) in [5.74, 6) is 0.359. The molecule has 0 saturated heterocycles. The van der Waals surface area contributed by atoms with Crippen LogP contribution in [0.25, 0.3) is 11.0 Å². The Morgan fingerprint density at radius 3 is 2.82 bits per heavy atom. The van der Waals surface area contributed by atoms with Gasteiger partial charge in [-0.3, -0.25) is 0 Å². The summed E-state index contributed by atoms with van der Waals surface area (Å²) in [5, 5.41) is 0.868. The first-order chi connectivity index (χ1) is 13.6. The Labute approximate surface area is 167 Å². The van der Waals surface area contributed by atoms with Crippen molar-refractivity contribution in [1.29, 1.82) is 0 Å². The lowest BCUT2D eigenvalue weighted by molar-refractivity contribution is 0.0479. The van der Waals surface area contributed by atoms with Crippen molar-refractivity contribution in [2.24, 2.45) is 5.92 Å². The summed E-state index contributed by atoms with van der Waals surface area (Å²) < 4.78 is 11.0. The monoisotopic (exact) mass is 394 g/mol. The number of fused-ring (bicyclic) bond motifs is 3. The normalized spacial score (nSPS) is 18.1. The molecule has 5 rings (SSSR count). The average Bonchev–Trinajstić information content (AvgIpc) is 3.29. The summed E-state index contributed by atoms with van der Waals surface area (Å²) in [6.45, 7) is 2.33. The lowest BCUT2D eigenvalue weighted by atomic mass is 9.90. The molecule has 0 spiro atoms. The van der Waals surface area contributed by atoms with Crippen molar-refractivity contribution in [2.45, 2.75) is 52.1 Å². The Bertz CT molecular complexity index is 1140. The molecule has 28 heavy (non-hydrogen) atoms. The van der Waals surface area contributed by atoms with Gasteiger partial charge in [-0.15, -0.1) is 11.3 Å². The first-order valence-electron chi connectivity index (χ1n) is 9.94. The molecule has 2 aliphatic rings. The first kappa shape index (κ1) is 17.7. The molecule has 4 nitrogen and oxygen atoms in total. The fourth-order valence-corrected chi connectivity index (χ4v) is 5.54. The number of ether oxygens (including phenoxy) is 1. The number of esters is 1. The van der Waals surface area contributed by atoms with E-state index < -0.39 is 5.63 Å². The van der Waals surface area contributed by atoms with Gasteiger partial charge in [-0.25, -0.2) is 9.59 Å². The van der Waals surface area contributed by atoms with Crippen LogP contribution in [0.1, 0.15) is 56.6 Å². The zero-order valence-corrected chi connectivity index (χ0v) is 16.7. The Morgan fingerprint density at radius 2 is 1.96 bits per heavy atom. The number of benzene rings is 1. The van der Waals surface area contributed by atoms with E-state index in [0.29, 0.717) is 21.9 Å². The molecule has 3 aromatic rings. The second kappa shape index (κ2) is 6.89. The van der Waals surface area contributed by atoms with Gasteiger partial charge in [0.15, 0.2) is 0 Å². The van der Waals surface area contributed by atoms with Crippen LogP contribution in [0.5, 0.6) is 0 Å². The lowest BCUT2D eigenvalue weighted by Crippen LogP contribution is -2.08. The minimum Gasteiger partial charge on any atom is -0.457 e. The van der Waals surface area contributed by atoms with E-state index >= 15 is 0 Å². The number of carbonyl (C=O) groups is 1. The molecule has 0 N–H and O–H groups in total. The van der Waals surface area contributed by atoms with E-state index in [4.69, 9.17) is 9.15 Å². The van der Waals surface area contributed by atoms with E-state index in [2.05, 4.69) is 13.0 Å². The Morgan fingerprint density at radius 1 is 1.14 bits per heavy atom. The quantitative estimate of drug-likeness (QED) is 0.472.